The lowest BCUT2D eigenvalue weighted by Crippen LogP contribution is -2.49. The van der Waals surface area contributed by atoms with Gasteiger partial charge in [-0.2, -0.15) is 0 Å². The lowest BCUT2D eigenvalue weighted by Gasteiger charge is -2.34. The Kier molecular flexibility index (Phi) is 7.48. The Balaban J connectivity index is 1.60. The van der Waals surface area contributed by atoms with E-state index in [9.17, 15) is 4.79 Å². The van der Waals surface area contributed by atoms with Gasteiger partial charge in [-0.1, -0.05) is 30.3 Å². The van der Waals surface area contributed by atoms with Crippen LogP contribution >= 0.6 is 0 Å². The van der Waals surface area contributed by atoms with Crippen molar-refractivity contribution in [3.63, 3.8) is 0 Å². The minimum Gasteiger partial charge on any atom is -0.383 e. The predicted molar refractivity (Wildman–Crippen MR) is 91.0 cm³/mol. The first-order chi connectivity index (χ1) is 11.2. The van der Waals surface area contributed by atoms with Crippen LogP contribution in [0.4, 0.5) is 0 Å². The van der Waals surface area contributed by atoms with E-state index in [1.807, 2.05) is 6.07 Å². The summed E-state index contributed by atoms with van der Waals surface area (Å²) in [6, 6.07) is 9.98. The van der Waals surface area contributed by atoms with Crippen LogP contribution in [0.5, 0.6) is 0 Å². The number of methoxy groups -OCH3 is 1. The number of rotatable bonds is 8. The van der Waals surface area contributed by atoms with E-state index in [0.717, 1.165) is 39.3 Å². The number of carbonyl (C=O) groups excluding carboxylic acids is 1. The molecule has 1 unspecified atom stereocenters. The number of ether oxygens (including phenoxy) is 1. The summed E-state index contributed by atoms with van der Waals surface area (Å²) in [4.78, 5) is 16.5. The Morgan fingerprint density at radius 1 is 1.22 bits per heavy atom. The molecule has 6 heteroatoms. The summed E-state index contributed by atoms with van der Waals surface area (Å²) in [7, 11) is 1.54. The fraction of sp³-hybridized carbons (Fsp3) is 0.588. The van der Waals surface area contributed by atoms with Crippen LogP contribution in [0.2, 0.25) is 0 Å². The van der Waals surface area contributed by atoms with Gasteiger partial charge in [-0.25, -0.2) is 0 Å². The molecule has 0 radical (unpaired) electrons. The van der Waals surface area contributed by atoms with Crippen LogP contribution in [0, 0.1) is 0 Å². The molecule has 1 fully saturated rings. The van der Waals surface area contributed by atoms with Crippen LogP contribution in [-0.2, 0) is 16.1 Å². The quantitative estimate of drug-likeness (QED) is 0.700. The smallest absolute Gasteiger partial charge is 0.239 e. The van der Waals surface area contributed by atoms with Crippen molar-refractivity contribution in [2.24, 2.45) is 5.73 Å². The average molecular weight is 320 g/mol. The summed E-state index contributed by atoms with van der Waals surface area (Å²) in [6.07, 6.45) is 0. The molecule has 1 saturated heterocycles. The second-order valence-corrected chi connectivity index (χ2v) is 5.96. The highest BCUT2D eigenvalue weighted by atomic mass is 16.5. The zero-order valence-electron chi connectivity index (χ0n) is 13.9. The molecule has 0 aromatic heterocycles. The fourth-order valence-electron chi connectivity index (χ4n) is 2.74. The second-order valence-electron chi connectivity index (χ2n) is 5.96. The molecule has 3 N–H and O–H groups in total. The summed E-state index contributed by atoms with van der Waals surface area (Å²) in [5, 5.41) is 2.87. The molecule has 2 rings (SSSR count). The summed E-state index contributed by atoms with van der Waals surface area (Å²) in [5.41, 5.74) is 7.04. The third kappa shape index (κ3) is 6.27. The lowest BCUT2D eigenvalue weighted by atomic mass is 10.2. The molecular weight excluding hydrogens is 292 g/mol. The van der Waals surface area contributed by atoms with Gasteiger partial charge in [0, 0.05) is 52.9 Å². The maximum Gasteiger partial charge on any atom is 0.239 e. The van der Waals surface area contributed by atoms with E-state index < -0.39 is 6.04 Å². The Morgan fingerprint density at radius 2 is 1.87 bits per heavy atom. The highest BCUT2D eigenvalue weighted by Gasteiger charge is 2.17. The maximum absolute atomic E-state index is 11.7. The molecule has 1 aromatic carbocycles. The Bertz CT molecular complexity index is 461. The zero-order valence-corrected chi connectivity index (χ0v) is 13.9. The van der Waals surface area contributed by atoms with Gasteiger partial charge >= 0.3 is 0 Å². The molecule has 1 heterocycles. The van der Waals surface area contributed by atoms with Crippen molar-refractivity contribution >= 4 is 5.91 Å². The van der Waals surface area contributed by atoms with Crippen LogP contribution < -0.4 is 11.1 Å². The van der Waals surface area contributed by atoms with Crippen molar-refractivity contribution in [2.75, 3.05) is 53.0 Å². The van der Waals surface area contributed by atoms with Crippen molar-refractivity contribution in [1.29, 1.82) is 0 Å². The van der Waals surface area contributed by atoms with Crippen LogP contribution in [0.15, 0.2) is 30.3 Å². The van der Waals surface area contributed by atoms with Crippen molar-refractivity contribution in [3.05, 3.63) is 35.9 Å². The van der Waals surface area contributed by atoms with Crippen LogP contribution in [0.3, 0.4) is 0 Å². The van der Waals surface area contributed by atoms with E-state index in [1.165, 1.54) is 5.56 Å². The molecule has 1 aliphatic heterocycles. The Labute approximate surface area is 138 Å². The van der Waals surface area contributed by atoms with E-state index in [0.29, 0.717) is 6.54 Å². The molecule has 1 aromatic rings. The zero-order chi connectivity index (χ0) is 16.5. The Hall–Kier alpha value is -1.47. The highest BCUT2D eigenvalue weighted by Crippen LogP contribution is 2.07. The average Bonchev–Trinajstić information content (AvgIpc) is 2.57. The molecule has 1 amide bonds. The van der Waals surface area contributed by atoms with Gasteiger partial charge in [0.1, 0.15) is 6.04 Å². The molecule has 128 valence electrons. The number of amides is 1. The minimum absolute atomic E-state index is 0.144. The van der Waals surface area contributed by atoms with Crippen molar-refractivity contribution in [2.45, 2.75) is 12.6 Å². The Morgan fingerprint density at radius 3 is 2.52 bits per heavy atom. The second kappa shape index (κ2) is 9.62. The molecule has 0 bridgehead atoms. The number of piperazine rings is 1. The number of nitrogens with two attached hydrogens (primary N) is 1. The normalized spacial score (nSPS) is 17.8. The van der Waals surface area contributed by atoms with Gasteiger partial charge in [0.05, 0.1) is 6.61 Å². The van der Waals surface area contributed by atoms with Crippen LogP contribution in [-0.4, -0.2) is 74.7 Å². The summed E-state index contributed by atoms with van der Waals surface area (Å²) < 4.78 is 4.88. The molecule has 0 saturated carbocycles. The number of hydrogen-bond acceptors (Lipinski definition) is 5. The van der Waals surface area contributed by atoms with E-state index in [4.69, 9.17) is 10.5 Å². The molecule has 1 atom stereocenters. The number of carbonyl (C=O) groups is 1. The molecule has 23 heavy (non-hydrogen) atoms. The van der Waals surface area contributed by atoms with E-state index >= 15 is 0 Å². The van der Waals surface area contributed by atoms with Gasteiger partial charge in [0.25, 0.3) is 0 Å². The summed E-state index contributed by atoms with van der Waals surface area (Å²) in [5.74, 6) is -0.144. The SMILES string of the molecule is COCC(N)C(=O)NCCN1CCN(Cc2ccccc2)CC1. The van der Waals surface area contributed by atoms with Gasteiger partial charge in [0.15, 0.2) is 0 Å². The number of nitrogens with zero attached hydrogens (tertiary/aromatic N) is 2. The van der Waals surface area contributed by atoms with Gasteiger partial charge in [-0.3, -0.25) is 14.6 Å². The van der Waals surface area contributed by atoms with Crippen molar-refractivity contribution < 1.29 is 9.53 Å². The highest BCUT2D eigenvalue weighted by molar-refractivity contribution is 5.81. The third-order valence-corrected chi connectivity index (χ3v) is 4.12. The van der Waals surface area contributed by atoms with Crippen molar-refractivity contribution in [3.8, 4) is 0 Å². The molecule has 6 nitrogen and oxygen atoms in total. The number of hydrogen-bond donors (Lipinski definition) is 2. The van der Waals surface area contributed by atoms with E-state index in [2.05, 4.69) is 39.4 Å². The van der Waals surface area contributed by atoms with Gasteiger partial charge in [-0.05, 0) is 5.56 Å². The van der Waals surface area contributed by atoms with Gasteiger partial charge < -0.3 is 15.8 Å². The van der Waals surface area contributed by atoms with E-state index in [-0.39, 0.29) is 12.5 Å². The third-order valence-electron chi connectivity index (χ3n) is 4.12. The molecule has 1 aliphatic rings. The standard InChI is InChI=1S/C17H28N4O2/c1-23-14-16(18)17(22)19-7-8-20-9-11-21(12-10-20)13-15-5-3-2-4-6-15/h2-6,16H,7-14,18H2,1H3,(H,19,22). The minimum atomic E-state index is -0.581. The van der Waals surface area contributed by atoms with Gasteiger partial charge in [-0.15, -0.1) is 0 Å². The van der Waals surface area contributed by atoms with Crippen molar-refractivity contribution in [1.82, 2.24) is 15.1 Å². The summed E-state index contributed by atoms with van der Waals surface area (Å²) in [6.45, 7) is 6.96. The topological polar surface area (TPSA) is 70.8 Å². The van der Waals surface area contributed by atoms with Crippen LogP contribution in [0.1, 0.15) is 5.56 Å². The molecular formula is C17H28N4O2. The van der Waals surface area contributed by atoms with Crippen LogP contribution in [0.25, 0.3) is 0 Å². The summed E-state index contributed by atoms with van der Waals surface area (Å²) >= 11 is 0. The fourth-order valence-corrected chi connectivity index (χ4v) is 2.74. The maximum atomic E-state index is 11.7. The molecule has 0 aliphatic carbocycles. The van der Waals surface area contributed by atoms with Gasteiger partial charge in [0.2, 0.25) is 5.91 Å². The first kappa shape index (κ1) is 17.9. The largest absolute Gasteiger partial charge is 0.383 e. The predicted octanol–water partition coefficient (Wildman–Crippen LogP) is -0.106. The number of benzene rings is 1. The number of nitrogens with one attached hydrogen (secondary N) is 1. The molecule has 0 spiro atoms. The lowest BCUT2D eigenvalue weighted by molar-refractivity contribution is -0.123. The first-order valence-corrected chi connectivity index (χ1v) is 8.20. The van der Waals surface area contributed by atoms with E-state index in [1.54, 1.807) is 7.11 Å². The first-order valence-electron chi connectivity index (χ1n) is 8.20. The monoisotopic (exact) mass is 320 g/mol.